The largest absolute Gasteiger partial charge is 0.483 e. The van der Waals surface area contributed by atoms with Gasteiger partial charge < -0.3 is 9.26 Å². The van der Waals surface area contributed by atoms with Crippen LogP contribution in [-0.4, -0.2) is 16.4 Å². The molecule has 0 amide bonds. The summed E-state index contributed by atoms with van der Waals surface area (Å²) in [6, 6.07) is 11.9. The Bertz CT molecular complexity index is 849. The lowest BCUT2D eigenvalue weighted by atomic mass is 10.2. The summed E-state index contributed by atoms with van der Waals surface area (Å²) in [5, 5.41) is 4.74. The van der Waals surface area contributed by atoms with Crippen molar-refractivity contribution in [3.8, 4) is 17.1 Å². The minimum atomic E-state index is 0.0547. The first-order valence-corrected chi connectivity index (χ1v) is 7.38. The van der Waals surface area contributed by atoms with Crippen LogP contribution in [0.4, 0.5) is 0 Å². The Morgan fingerprint density at radius 1 is 1.13 bits per heavy atom. The van der Waals surface area contributed by atoms with E-state index < -0.39 is 0 Å². The molecule has 0 spiro atoms. The molecule has 3 rings (SSSR count). The van der Waals surface area contributed by atoms with E-state index in [2.05, 4.69) is 10.1 Å². The van der Waals surface area contributed by atoms with Crippen LogP contribution in [0.3, 0.4) is 0 Å². The Balaban J connectivity index is 1.74. The zero-order valence-corrected chi connectivity index (χ0v) is 13.2. The molecule has 0 unspecified atom stereocenters. The maximum absolute atomic E-state index is 10.9. The van der Waals surface area contributed by atoms with Gasteiger partial charge in [-0.25, -0.2) is 0 Å². The van der Waals surface area contributed by atoms with E-state index in [0.717, 1.165) is 6.29 Å². The fraction of sp³-hybridized carbons (Fsp3) is 0.0625. The molecule has 3 aromatic rings. The van der Waals surface area contributed by atoms with Gasteiger partial charge in [0.15, 0.2) is 12.9 Å². The van der Waals surface area contributed by atoms with Crippen LogP contribution in [0, 0.1) is 0 Å². The van der Waals surface area contributed by atoms with Gasteiger partial charge in [0, 0.05) is 5.56 Å². The first-order chi connectivity index (χ1) is 11.2. The zero-order valence-electron chi connectivity index (χ0n) is 11.7. The van der Waals surface area contributed by atoms with Gasteiger partial charge in [0.1, 0.15) is 5.75 Å². The van der Waals surface area contributed by atoms with E-state index in [9.17, 15) is 4.79 Å². The SMILES string of the molecule is O=Cc1ccccc1OCc1nc(-c2ccc(Cl)c(Cl)c2)no1. The van der Waals surface area contributed by atoms with Crippen LogP contribution in [0.2, 0.25) is 10.0 Å². The van der Waals surface area contributed by atoms with Gasteiger partial charge in [0.25, 0.3) is 5.89 Å². The summed E-state index contributed by atoms with van der Waals surface area (Å²) in [7, 11) is 0. The van der Waals surface area contributed by atoms with Crippen LogP contribution in [0.5, 0.6) is 5.75 Å². The molecule has 0 fully saturated rings. The third kappa shape index (κ3) is 3.52. The molecule has 5 nitrogen and oxygen atoms in total. The van der Waals surface area contributed by atoms with Gasteiger partial charge in [0.05, 0.1) is 15.6 Å². The van der Waals surface area contributed by atoms with Crippen molar-refractivity contribution < 1.29 is 14.1 Å². The number of aldehydes is 1. The molecular weight excluding hydrogens is 339 g/mol. The number of nitrogens with zero attached hydrogens (tertiary/aromatic N) is 2. The standard InChI is InChI=1S/C16H10Cl2N2O3/c17-12-6-5-10(7-13(12)18)16-19-15(23-20-16)9-22-14-4-2-1-3-11(14)8-21/h1-8H,9H2. The molecule has 0 saturated carbocycles. The monoisotopic (exact) mass is 348 g/mol. The van der Waals surface area contributed by atoms with Gasteiger partial charge in [-0.15, -0.1) is 0 Å². The van der Waals surface area contributed by atoms with Crippen LogP contribution in [0.25, 0.3) is 11.4 Å². The molecule has 1 aromatic heterocycles. The highest BCUT2D eigenvalue weighted by molar-refractivity contribution is 6.42. The molecule has 0 bridgehead atoms. The summed E-state index contributed by atoms with van der Waals surface area (Å²) in [5.41, 5.74) is 1.14. The maximum Gasteiger partial charge on any atom is 0.264 e. The molecule has 0 radical (unpaired) electrons. The molecular formula is C16H10Cl2N2O3. The van der Waals surface area contributed by atoms with Crippen LogP contribution < -0.4 is 4.74 Å². The molecule has 23 heavy (non-hydrogen) atoms. The first kappa shape index (κ1) is 15.5. The predicted molar refractivity (Wildman–Crippen MR) is 85.9 cm³/mol. The fourth-order valence-corrected chi connectivity index (χ4v) is 2.21. The van der Waals surface area contributed by atoms with E-state index in [-0.39, 0.29) is 12.5 Å². The minimum Gasteiger partial charge on any atom is -0.483 e. The number of halogens is 2. The van der Waals surface area contributed by atoms with Crippen LogP contribution >= 0.6 is 23.2 Å². The third-order valence-corrected chi connectivity index (χ3v) is 3.78. The van der Waals surface area contributed by atoms with Crippen molar-refractivity contribution in [2.24, 2.45) is 0 Å². The summed E-state index contributed by atoms with van der Waals surface area (Å²) in [4.78, 5) is 15.2. The average molecular weight is 349 g/mol. The number of rotatable bonds is 5. The Morgan fingerprint density at radius 3 is 2.74 bits per heavy atom. The van der Waals surface area contributed by atoms with Crippen LogP contribution in [-0.2, 0) is 6.61 Å². The smallest absolute Gasteiger partial charge is 0.264 e. The lowest BCUT2D eigenvalue weighted by Crippen LogP contribution is -1.98. The van der Waals surface area contributed by atoms with E-state index in [0.29, 0.717) is 32.7 Å². The highest BCUT2D eigenvalue weighted by atomic mass is 35.5. The van der Waals surface area contributed by atoms with E-state index >= 15 is 0 Å². The number of para-hydroxylation sites is 1. The molecule has 0 aliphatic heterocycles. The topological polar surface area (TPSA) is 65.2 Å². The summed E-state index contributed by atoms with van der Waals surface area (Å²) in [6.07, 6.45) is 0.726. The van der Waals surface area contributed by atoms with Gasteiger partial charge in [-0.2, -0.15) is 4.98 Å². The fourth-order valence-electron chi connectivity index (χ4n) is 1.91. The van der Waals surface area contributed by atoms with Crippen molar-refractivity contribution >= 4 is 29.5 Å². The highest BCUT2D eigenvalue weighted by Gasteiger charge is 2.11. The maximum atomic E-state index is 10.9. The van der Waals surface area contributed by atoms with Crippen molar-refractivity contribution in [1.29, 1.82) is 0 Å². The second kappa shape index (κ2) is 6.81. The van der Waals surface area contributed by atoms with Gasteiger partial charge in [-0.3, -0.25) is 4.79 Å². The second-order valence-electron chi connectivity index (χ2n) is 4.58. The number of carbonyl (C=O) groups excluding carboxylic acids is 1. The molecule has 116 valence electrons. The average Bonchev–Trinajstić information content (AvgIpc) is 3.04. The van der Waals surface area contributed by atoms with Crippen LogP contribution in [0.1, 0.15) is 16.2 Å². The predicted octanol–water partition coefficient (Wildman–Crippen LogP) is 4.43. The number of hydrogen-bond donors (Lipinski definition) is 0. The highest BCUT2D eigenvalue weighted by Crippen LogP contribution is 2.27. The molecule has 1 heterocycles. The zero-order chi connectivity index (χ0) is 16.2. The van der Waals surface area contributed by atoms with Gasteiger partial charge in [-0.05, 0) is 30.3 Å². The first-order valence-electron chi connectivity index (χ1n) is 6.62. The van der Waals surface area contributed by atoms with Crippen molar-refractivity contribution in [3.63, 3.8) is 0 Å². The summed E-state index contributed by atoms with van der Waals surface area (Å²) in [6.45, 7) is 0.0547. The van der Waals surface area contributed by atoms with Crippen molar-refractivity contribution in [2.45, 2.75) is 6.61 Å². The molecule has 0 atom stereocenters. The van der Waals surface area contributed by atoms with Gasteiger partial charge in [-0.1, -0.05) is 40.5 Å². The Hall–Kier alpha value is -2.37. The Labute approximate surface area is 141 Å². The Morgan fingerprint density at radius 2 is 1.96 bits per heavy atom. The van der Waals surface area contributed by atoms with Gasteiger partial charge >= 0.3 is 0 Å². The summed E-state index contributed by atoms with van der Waals surface area (Å²) in [5.74, 6) is 1.12. The third-order valence-electron chi connectivity index (χ3n) is 3.04. The number of carbonyl (C=O) groups is 1. The molecule has 0 aliphatic rings. The van der Waals surface area contributed by atoms with E-state index in [4.69, 9.17) is 32.5 Å². The number of benzene rings is 2. The number of ether oxygens (including phenoxy) is 1. The van der Waals surface area contributed by atoms with Crippen molar-refractivity contribution in [2.75, 3.05) is 0 Å². The lowest BCUT2D eigenvalue weighted by molar-refractivity contribution is 0.111. The van der Waals surface area contributed by atoms with E-state index in [1.807, 2.05) is 0 Å². The summed E-state index contributed by atoms with van der Waals surface area (Å²) >= 11 is 11.8. The molecule has 0 saturated heterocycles. The lowest BCUT2D eigenvalue weighted by Gasteiger charge is -2.04. The number of hydrogen-bond acceptors (Lipinski definition) is 5. The second-order valence-corrected chi connectivity index (χ2v) is 5.40. The Kier molecular flexibility index (Phi) is 4.60. The molecule has 2 aromatic carbocycles. The quantitative estimate of drug-likeness (QED) is 0.638. The van der Waals surface area contributed by atoms with Crippen LogP contribution in [0.15, 0.2) is 47.0 Å². The molecule has 7 heteroatoms. The van der Waals surface area contributed by atoms with Crippen molar-refractivity contribution in [3.05, 3.63) is 64.0 Å². The van der Waals surface area contributed by atoms with Crippen molar-refractivity contribution in [1.82, 2.24) is 10.1 Å². The summed E-state index contributed by atoms with van der Waals surface area (Å²) < 4.78 is 10.7. The van der Waals surface area contributed by atoms with E-state index in [1.54, 1.807) is 42.5 Å². The van der Waals surface area contributed by atoms with Gasteiger partial charge in [0.2, 0.25) is 5.82 Å². The van der Waals surface area contributed by atoms with E-state index in [1.165, 1.54) is 0 Å². The number of aromatic nitrogens is 2. The minimum absolute atomic E-state index is 0.0547. The molecule has 0 N–H and O–H groups in total. The molecule has 0 aliphatic carbocycles. The normalized spacial score (nSPS) is 10.5.